The van der Waals surface area contributed by atoms with Crippen molar-refractivity contribution in [3.63, 3.8) is 0 Å². The lowest BCUT2D eigenvalue weighted by Crippen LogP contribution is -2.37. The monoisotopic (exact) mass is 327 g/mol. The van der Waals surface area contributed by atoms with E-state index in [4.69, 9.17) is 0 Å². The van der Waals surface area contributed by atoms with Crippen molar-refractivity contribution in [1.29, 1.82) is 0 Å². The van der Waals surface area contributed by atoms with Gasteiger partial charge in [-0.15, -0.1) is 0 Å². The number of nitrogens with one attached hydrogen (secondary N) is 2. The van der Waals surface area contributed by atoms with Crippen LogP contribution in [0, 0.1) is 5.41 Å². The maximum absolute atomic E-state index is 12.5. The highest BCUT2D eigenvalue weighted by molar-refractivity contribution is 5.89. The van der Waals surface area contributed by atoms with Crippen LogP contribution in [-0.2, 0) is 6.54 Å². The normalized spacial score (nSPS) is 14.9. The zero-order chi connectivity index (χ0) is 17.0. The number of nitrogens with zero attached hydrogens (tertiary/aromatic N) is 1. The Kier molecular flexibility index (Phi) is 4.66. The Morgan fingerprint density at radius 2 is 1.92 bits per heavy atom. The quantitative estimate of drug-likeness (QED) is 0.756. The maximum Gasteiger partial charge on any atom is 0.319 e. The number of amides is 2. The van der Waals surface area contributed by atoms with Gasteiger partial charge in [0.1, 0.15) is 5.69 Å². The number of aliphatic hydroxyl groups is 1. The fraction of sp³-hybridized carbons (Fsp3) is 0.333. The topological polar surface area (TPSA) is 83.4 Å². The number of hydrogen-bond acceptors (Lipinski definition) is 3. The molecule has 0 radical (unpaired) electrons. The maximum atomic E-state index is 12.5. The molecule has 3 N–H and O–H groups in total. The largest absolute Gasteiger partial charge is 0.396 e. The Bertz CT molecular complexity index is 767. The minimum Gasteiger partial charge on any atom is -0.396 e. The molecule has 1 aromatic heterocycles. The summed E-state index contributed by atoms with van der Waals surface area (Å²) in [5, 5.41) is 14.6. The molecule has 0 bridgehead atoms. The third kappa shape index (κ3) is 3.83. The number of benzene rings is 1. The first kappa shape index (κ1) is 16.3. The highest BCUT2D eigenvalue weighted by Crippen LogP contribution is 2.44. The SMILES string of the molecule is O=C(NCC1(CO)CC1)Nc1cccn(Cc2ccccc2)c1=O. The standard InChI is InChI=1S/C18H21N3O3/c22-13-18(8-9-18)12-19-17(24)20-15-7-4-10-21(16(15)23)11-14-5-2-1-3-6-14/h1-7,10,22H,8-9,11-13H2,(H2,19,20,24). The summed E-state index contributed by atoms with van der Waals surface area (Å²) < 4.78 is 1.56. The summed E-state index contributed by atoms with van der Waals surface area (Å²) in [6, 6.07) is 12.6. The molecule has 126 valence electrons. The van der Waals surface area contributed by atoms with Gasteiger partial charge >= 0.3 is 6.03 Å². The van der Waals surface area contributed by atoms with E-state index in [1.54, 1.807) is 22.9 Å². The third-order valence-electron chi connectivity index (χ3n) is 4.38. The number of aromatic nitrogens is 1. The van der Waals surface area contributed by atoms with Gasteiger partial charge in [-0.2, -0.15) is 0 Å². The van der Waals surface area contributed by atoms with Gasteiger partial charge in [-0.25, -0.2) is 4.79 Å². The summed E-state index contributed by atoms with van der Waals surface area (Å²) in [7, 11) is 0. The van der Waals surface area contributed by atoms with Gasteiger partial charge in [0, 0.05) is 18.2 Å². The van der Waals surface area contributed by atoms with Crippen LogP contribution >= 0.6 is 0 Å². The van der Waals surface area contributed by atoms with E-state index in [1.165, 1.54) is 0 Å². The number of hydrogen-bond donors (Lipinski definition) is 3. The van der Waals surface area contributed by atoms with Crippen LogP contribution in [0.25, 0.3) is 0 Å². The molecule has 1 saturated carbocycles. The minimum absolute atomic E-state index is 0.0719. The number of pyridine rings is 1. The molecule has 1 fully saturated rings. The highest BCUT2D eigenvalue weighted by atomic mass is 16.3. The van der Waals surface area contributed by atoms with Crippen LogP contribution in [0.3, 0.4) is 0 Å². The summed E-state index contributed by atoms with van der Waals surface area (Å²) in [6.45, 7) is 0.938. The van der Waals surface area contributed by atoms with Crippen LogP contribution in [-0.4, -0.2) is 28.9 Å². The Morgan fingerprint density at radius 3 is 2.58 bits per heavy atom. The summed E-state index contributed by atoms with van der Waals surface area (Å²) >= 11 is 0. The van der Waals surface area contributed by atoms with E-state index >= 15 is 0 Å². The molecule has 6 nitrogen and oxygen atoms in total. The predicted octanol–water partition coefficient (Wildman–Crippen LogP) is 1.79. The molecule has 1 aliphatic carbocycles. The number of rotatable bonds is 6. The van der Waals surface area contributed by atoms with Crippen molar-refractivity contribution in [2.24, 2.45) is 5.41 Å². The van der Waals surface area contributed by atoms with Gasteiger partial charge in [0.25, 0.3) is 5.56 Å². The van der Waals surface area contributed by atoms with Gasteiger partial charge in [0.15, 0.2) is 0 Å². The lowest BCUT2D eigenvalue weighted by Gasteiger charge is -2.14. The van der Waals surface area contributed by atoms with E-state index in [0.717, 1.165) is 18.4 Å². The second kappa shape index (κ2) is 6.88. The Morgan fingerprint density at radius 1 is 1.17 bits per heavy atom. The average molecular weight is 327 g/mol. The van der Waals surface area contributed by atoms with Gasteiger partial charge in [-0.1, -0.05) is 30.3 Å². The second-order valence-corrected chi connectivity index (χ2v) is 6.31. The van der Waals surface area contributed by atoms with E-state index in [-0.39, 0.29) is 23.3 Å². The molecule has 1 aliphatic rings. The molecule has 2 amide bonds. The molecule has 0 unspecified atom stereocenters. The molecule has 1 heterocycles. The van der Waals surface area contributed by atoms with Crippen molar-refractivity contribution in [3.8, 4) is 0 Å². The second-order valence-electron chi connectivity index (χ2n) is 6.31. The molecule has 24 heavy (non-hydrogen) atoms. The highest BCUT2D eigenvalue weighted by Gasteiger charge is 2.42. The Hall–Kier alpha value is -2.60. The van der Waals surface area contributed by atoms with Crippen LogP contribution < -0.4 is 16.2 Å². The summed E-state index contributed by atoms with van der Waals surface area (Å²) in [5.41, 5.74) is 0.834. The van der Waals surface area contributed by atoms with Gasteiger partial charge < -0.3 is 20.3 Å². The molecule has 0 saturated heterocycles. The van der Waals surface area contributed by atoms with Gasteiger partial charge in [0.05, 0.1) is 13.2 Å². The van der Waals surface area contributed by atoms with Crippen molar-refractivity contribution in [2.75, 3.05) is 18.5 Å². The predicted molar refractivity (Wildman–Crippen MR) is 92.0 cm³/mol. The smallest absolute Gasteiger partial charge is 0.319 e. The molecule has 0 aliphatic heterocycles. The van der Waals surface area contributed by atoms with E-state index in [0.29, 0.717) is 13.1 Å². The number of aliphatic hydroxyl groups excluding tert-OH is 1. The van der Waals surface area contributed by atoms with Crippen LogP contribution in [0.4, 0.5) is 10.5 Å². The first-order valence-electron chi connectivity index (χ1n) is 8.01. The van der Waals surface area contributed by atoms with Crippen molar-refractivity contribution in [1.82, 2.24) is 9.88 Å². The van der Waals surface area contributed by atoms with Gasteiger partial charge in [0.2, 0.25) is 0 Å². The van der Waals surface area contributed by atoms with Crippen molar-refractivity contribution in [2.45, 2.75) is 19.4 Å². The third-order valence-corrected chi connectivity index (χ3v) is 4.38. The van der Waals surface area contributed by atoms with E-state index in [1.807, 2.05) is 30.3 Å². The van der Waals surface area contributed by atoms with Gasteiger partial charge in [-0.05, 0) is 30.5 Å². The van der Waals surface area contributed by atoms with Crippen molar-refractivity contribution < 1.29 is 9.90 Å². The number of anilines is 1. The number of urea groups is 1. The lowest BCUT2D eigenvalue weighted by atomic mass is 10.1. The lowest BCUT2D eigenvalue weighted by molar-refractivity contribution is 0.206. The Balaban J connectivity index is 1.64. The van der Waals surface area contributed by atoms with Crippen LogP contribution in [0.2, 0.25) is 0 Å². The fourth-order valence-electron chi connectivity index (χ4n) is 2.54. The van der Waals surface area contributed by atoms with E-state index in [9.17, 15) is 14.7 Å². The number of carbonyl (C=O) groups is 1. The molecule has 0 atom stereocenters. The molecule has 0 spiro atoms. The first-order valence-corrected chi connectivity index (χ1v) is 8.01. The average Bonchev–Trinajstić information content (AvgIpc) is 3.38. The minimum atomic E-state index is -0.427. The molecule has 6 heteroatoms. The molecule has 2 aromatic rings. The summed E-state index contributed by atoms with van der Waals surface area (Å²) in [6.07, 6.45) is 3.53. The van der Waals surface area contributed by atoms with Crippen molar-refractivity contribution >= 4 is 11.7 Å². The van der Waals surface area contributed by atoms with Crippen LogP contribution in [0.5, 0.6) is 0 Å². The summed E-state index contributed by atoms with van der Waals surface area (Å²) in [4.78, 5) is 24.4. The summed E-state index contributed by atoms with van der Waals surface area (Å²) in [5.74, 6) is 0. The zero-order valence-corrected chi connectivity index (χ0v) is 13.4. The van der Waals surface area contributed by atoms with Gasteiger partial charge in [-0.3, -0.25) is 4.79 Å². The number of carbonyl (C=O) groups excluding carboxylic acids is 1. The first-order chi connectivity index (χ1) is 11.6. The fourth-order valence-corrected chi connectivity index (χ4v) is 2.54. The van der Waals surface area contributed by atoms with Crippen molar-refractivity contribution in [3.05, 3.63) is 64.6 Å². The Labute approximate surface area is 140 Å². The zero-order valence-electron chi connectivity index (χ0n) is 13.4. The molecular weight excluding hydrogens is 306 g/mol. The molecular formula is C18H21N3O3. The molecule has 3 rings (SSSR count). The van der Waals surface area contributed by atoms with E-state index in [2.05, 4.69) is 10.6 Å². The van der Waals surface area contributed by atoms with E-state index < -0.39 is 6.03 Å². The molecule has 1 aromatic carbocycles. The van der Waals surface area contributed by atoms with Crippen LogP contribution in [0.15, 0.2) is 53.5 Å². The van der Waals surface area contributed by atoms with Crippen LogP contribution in [0.1, 0.15) is 18.4 Å².